The van der Waals surface area contributed by atoms with Crippen molar-refractivity contribution in [2.24, 2.45) is 0 Å². The zero-order valence-electron chi connectivity index (χ0n) is 12.0. The lowest BCUT2D eigenvalue weighted by atomic mass is 10.1. The number of hydrogen-bond acceptors (Lipinski definition) is 4. The topological polar surface area (TPSA) is 61.6 Å². The third-order valence-electron chi connectivity index (χ3n) is 2.71. The summed E-state index contributed by atoms with van der Waals surface area (Å²) in [6.45, 7) is 6.48. The van der Waals surface area contributed by atoms with Crippen LogP contribution in [0, 0.1) is 0 Å². The molecule has 0 aliphatic rings. The molecular formula is C15H23NO3. The van der Waals surface area contributed by atoms with Gasteiger partial charge in [0.2, 0.25) is 0 Å². The summed E-state index contributed by atoms with van der Waals surface area (Å²) in [6, 6.07) is 3.47. The molecule has 19 heavy (non-hydrogen) atoms. The van der Waals surface area contributed by atoms with Gasteiger partial charge in [0, 0.05) is 12.0 Å². The molecule has 0 saturated heterocycles. The first-order chi connectivity index (χ1) is 9.13. The van der Waals surface area contributed by atoms with Gasteiger partial charge in [0.1, 0.15) is 11.5 Å². The zero-order chi connectivity index (χ0) is 14.3. The van der Waals surface area contributed by atoms with E-state index in [9.17, 15) is 4.79 Å². The SMILES string of the molecule is CCCOc1c(N)ccc(OC(=O)CC)c1CCC. The Bertz CT molecular complexity index is 430. The predicted octanol–water partition coefficient (Wildman–Crippen LogP) is 3.33. The maximum Gasteiger partial charge on any atom is 0.310 e. The fourth-order valence-corrected chi connectivity index (χ4v) is 1.78. The first-order valence-electron chi connectivity index (χ1n) is 6.88. The molecule has 1 aromatic carbocycles. The van der Waals surface area contributed by atoms with Gasteiger partial charge in [0.15, 0.2) is 0 Å². The van der Waals surface area contributed by atoms with Crippen molar-refractivity contribution in [1.82, 2.24) is 0 Å². The second kappa shape index (κ2) is 7.67. The Labute approximate surface area is 114 Å². The minimum Gasteiger partial charge on any atom is -0.491 e. The van der Waals surface area contributed by atoms with Gasteiger partial charge in [-0.2, -0.15) is 0 Å². The minimum absolute atomic E-state index is 0.247. The van der Waals surface area contributed by atoms with E-state index in [2.05, 4.69) is 6.92 Å². The first kappa shape index (κ1) is 15.3. The summed E-state index contributed by atoms with van der Waals surface area (Å²) in [5, 5.41) is 0. The third-order valence-corrected chi connectivity index (χ3v) is 2.71. The molecule has 0 bridgehead atoms. The molecule has 0 fully saturated rings. The molecule has 1 aromatic rings. The Hall–Kier alpha value is -1.71. The van der Waals surface area contributed by atoms with Crippen molar-refractivity contribution in [2.45, 2.75) is 46.5 Å². The number of carbonyl (C=O) groups is 1. The smallest absolute Gasteiger partial charge is 0.310 e. The lowest BCUT2D eigenvalue weighted by molar-refractivity contribution is -0.134. The van der Waals surface area contributed by atoms with Gasteiger partial charge in [-0.05, 0) is 25.0 Å². The molecule has 0 aromatic heterocycles. The van der Waals surface area contributed by atoms with Crippen LogP contribution in [0.2, 0.25) is 0 Å². The fraction of sp³-hybridized carbons (Fsp3) is 0.533. The first-order valence-corrected chi connectivity index (χ1v) is 6.88. The Morgan fingerprint density at radius 2 is 1.95 bits per heavy atom. The summed E-state index contributed by atoms with van der Waals surface area (Å²) < 4.78 is 11.1. The van der Waals surface area contributed by atoms with Gasteiger partial charge in [-0.15, -0.1) is 0 Å². The van der Waals surface area contributed by atoms with Gasteiger partial charge in [0.25, 0.3) is 0 Å². The number of hydrogen-bond donors (Lipinski definition) is 1. The number of nitrogen functional groups attached to an aromatic ring is 1. The molecule has 0 aliphatic heterocycles. The highest BCUT2D eigenvalue weighted by Crippen LogP contribution is 2.35. The highest BCUT2D eigenvalue weighted by atomic mass is 16.5. The lowest BCUT2D eigenvalue weighted by Crippen LogP contribution is -2.10. The molecule has 0 atom stereocenters. The standard InChI is InChI=1S/C15H23NO3/c1-4-7-11-13(19-14(17)6-3)9-8-12(16)15(11)18-10-5-2/h8-9H,4-7,10,16H2,1-3H3. The van der Waals surface area contributed by atoms with Crippen LogP contribution in [0.15, 0.2) is 12.1 Å². The number of nitrogens with two attached hydrogens (primary N) is 1. The largest absolute Gasteiger partial charge is 0.491 e. The summed E-state index contributed by atoms with van der Waals surface area (Å²) >= 11 is 0. The van der Waals surface area contributed by atoms with Crippen LogP contribution < -0.4 is 15.2 Å². The van der Waals surface area contributed by atoms with Crippen molar-refractivity contribution < 1.29 is 14.3 Å². The molecule has 2 N–H and O–H groups in total. The molecule has 0 heterocycles. The Morgan fingerprint density at radius 3 is 2.53 bits per heavy atom. The van der Waals surface area contributed by atoms with Crippen LogP contribution in [0.4, 0.5) is 5.69 Å². The van der Waals surface area contributed by atoms with E-state index in [-0.39, 0.29) is 5.97 Å². The van der Waals surface area contributed by atoms with E-state index < -0.39 is 0 Å². The monoisotopic (exact) mass is 265 g/mol. The van der Waals surface area contributed by atoms with E-state index in [1.165, 1.54) is 0 Å². The minimum atomic E-state index is -0.247. The number of ether oxygens (including phenoxy) is 2. The maximum absolute atomic E-state index is 11.5. The molecule has 0 unspecified atom stereocenters. The molecule has 0 aliphatic carbocycles. The van der Waals surface area contributed by atoms with E-state index in [1.54, 1.807) is 19.1 Å². The van der Waals surface area contributed by atoms with Crippen LogP contribution in [0.3, 0.4) is 0 Å². The van der Waals surface area contributed by atoms with Crippen LogP contribution in [0.1, 0.15) is 45.6 Å². The Balaban J connectivity index is 3.11. The van der Waals surface area contributed by atoms with Crippen LogP contribution in [-0.2, 0) is 11.2 Å². The zero-order valence-corrected chi connectivity index (χ0v) is 12.0. The van der Waals surface area contributed by atoms with E-state index in [1.807, 2.05) is 6.92 Å². The molecule has 106 valence electrons. The van der Waals surface area contributed by atoms with Gasteiger partial charge >= 0.3 is 5.97 Å². The molecule has 0 radical (unpaired) electrons. The number of anilines is 1. The maximum atomic E-state index is 11.5. The Kier molecular flexibility index (Phi) is 6.19. The molecular weight excluding hydrogens is 242 g/mol. The van der Waals surface area contributed by atoms with Crippen molar-refractivity contribution >= 4 is 11.7 Å². The molecule has 0 amide bonds. The second-order valence-electron chi connectivity index (χ2n) is 4.39. The number of benzene rings is 1. The van der Waals surface area contributed by atoms with E-state index in [0.717, 1.165) is 24.8 Å². The second-order valence-corrected chi connectivity index (χ2v) is 4.39. The van der Waals surface area contributed by atoms with Crippen molar-refractivity contribution in [1.29, 1.82) is 0 Å². The van der Waals surface area contributed by atoms with Gasteiger partial charge in [-0.3, -0.25) is 4.79 Å². The molecule has 1 rings (SSSR count). The fourth-order valence-electron chi connectivity index (χ4n) is 1.78. The van der Waals surface area contributed by atoms with Crippen LogP contribution in [-0.4, -0.2) is 12.6 Å². The van der Waals surface area contributed by atoms with E-state index in [0.29, 0.717) is 30.2 Å². The average molecular weight is 265 g/mol. The van der Waals surface area contributed by atoms with E-state index >= 15 is 0 Å². The van der Waals surface area contributed by atoms with Crippen LogP contribution in [0.25, 0.3) is 0 Å². The summed E-state index contributed by atoms with van der Waals surface area (Å²) in [4.78, 5) is 11.5. The van der Waals surface area contributed by atoms with Gasteiger partial charge in [-0.25, -0.2) is 0 Å². The number of rotatable bonds is 7. The normalized spacial score (nSPS) is 10.3. The van der Waals surface area contributed by atoms with Crippen molar-refractivity contribution in [3.8, 4) is 11.5 Å². The Morgan fingerprint density at radius 1 is 1.21 bits per heavy atom. The molecule has 0 saturated carbocycles. The average Bonchev–Trinajstić information content (AvgIpc) is 2.41. The van der Waals surface area contributed by atoms with Crippen molar-refractivity contribution in [3.05, 3.63) is 17.7 Å². The lowest BCUT2D eigenvalue weighted by Gasteiger charge is -2.16. The van der Waals surface area contributed by atoms with Gasteiger partial charge < -0.3 is 15.2 Å². The number of carbonyl (C=O) groups excluding carboxylic acids is 1. The molecule has 4 heteroatoms. The molecule has 4 nitrogen and oxygen atoms in total. The quantitative estimate of drug-likeness (QED) is 0.466. The number of esters is 1. The summed E-state index contributed by atoms with van der Waals surface area (Å²) in [5.74, 6) is 0.975. The predicted molar refractivity (Wildman–Crippen MR) is 76.6 cm³/mol. The van der Waals surface area contributed by atoms with Gasteiger partial charge in [0.05, 0.1) is 12.3 Å². The van der Waals surface area contributed by atoms with Crippen LogP contribution in [0.5, 0.6) is 11.5 Å². The summed E-state index contributed by atoms with van der Waals surface area (Å²) in [6.07, 6.45) is 2.96. The summed E-state index contributed by atoms with van der Waals surface area (Å²) in [7, 11) is 0. The third kappa shape index (κ3) is 4.16. The van der Waals surface area contributed by atoms with Crippen molar-refractivity contribution in [2.75, 3.05) is 12.3 Å². The highest BCUT2D eigenvalue weighted by Gasteiger charge is 2.15. The molecule has 0 spiro atoms. The van der Waals surface area contributed by atoms with Gasteiger partial charge in [-0.1, -0.05) is 27.2 Å². The van der Waals surface area contributed by atoms with Crippen molar-refractivity contribution in [3.63, 3.8) is 0 Å². The van der Waals surface area contributed by atoms with E-state index in [4.69, 9.17) is 15.2 Å². The highest BCUT2D eigenvalue weighted by molar-refractivity contribution is 5.74. The van der Waals surface area contributed by atoms with Crippen LogP contribution >= 0.6 is 0 Å². The summed E-state index contributed by atoms with van der Waals surface area (Å²) in [5.41, 5.74) is 7.44.